The molecule has 2 aromatic carbocycles. The molecular formula is C18H23N. The normalized spacial score (nSPS) is 12.4. The van der Waals surface area contributed by atoms with Gasteiger partial charge in [-0.2, -0.15) is 0 Å². The fourth-order valence-corrected chi connectivity index (χ4v) is 2.27. The van der Waals surface area contributed by atoms with Gasteiger partial charge in [-0.3, -0.25) is 0 Å². The summed E-state index contributed by atoms with van der Waals surface area (Å²) in [6.45, 7) is 7.62. The van der Waals surface area contributed by atoms with Crippen LogP contribution in [0.4, 0.5) is 0 Å². The van der Waals surface area contributed by atoms with Crippen LogP contribution in [0.15, 0.2) is 48.5 Å². The van der Waals surface area contributed by atoms with Crippen LogP contribution in [0.3, 0.4) is 0 Å². The average Bonchev–Trinajstić information content (AvgIpc) is 2.45. The summed E-state index contributed by atoms with van der Waals surface area (Å²) in [5.74, 6) is 0. The standard InChI is InChI=1S/C18H23N/c1-4-12-19-15(3)16-8-10-17(11-9-16)18-7-5-6-14(2)13-18/h5-11,13,15,19H,4,12H2,1-3H3. The highest BCUT2D eigenvalue weighted by molar-refractivity contribution is 5.64. The molecule has 0 spiro atoms. The van der Waals surface area contributed by atoms with Crippen molar-refractivity contribution in [1.29, 1.82) is 0 Å². The van der Waals surface area contributed by atoms with E-state index in [1.165, 1.54) is 28.7 Å². The van der Waals surface area contributed by atoms with Crippen LogP contribution in [0, 0.1) is 6.92 Å². The summed E-state index contributed by atoms with van der Waals surface area (Å²) in [4.78, 5) is 0. The number of nitrogens with one attached hydrogen (secondary N) is 1. The Morgan fingerprint density at radius 1 is 1.00 bits per heavy atom. The summed E-state index contributed by atoms with van der Waals surface area (Å²) in [6, 6.07) is 18.0. The Hall–Kier alpha value is -1.60. The van der Waals surface area contributed by atoms with Gasteiger partial charge >= 0.3 is 0 Å². The average molecular weight is 253 g/mol. The quantitative estimate of drug-likeness (QED) is 0.812. The summed E-state index contributed by atoms with van der Waals surface area (Å²) < 4.78 is 0. The van der Waals surface area contributed by atoms with Crippen LogP contribution in [-0.4, -0.2) is 6.54 Å². The molecule has 0 amide bonds. The zero-order valence-electron chi connectivity index (χ0n) is 12.1. The van der Waals surface area contributed by atoms with Gasteiger partial charge < -0.3 is 5.32 Å². The molecule has 0 fully saturated rings. The smallest absolute Gasteiger partial charge is 0.0291 e. The lowest BCUT2D eigenvalue weighted by atomic mass is 10.0. The van der Waals surface area contributed by atoms with E-state index in [1.54, 1.807) is 0 Å². The third kappa shape index (κ3) is 3.68. The number of hydrogen-bond donors (Lipinski definition) is 1. The second kappa shape index (κ2) is 6.53. The second-order valence-corrected chi connectivity index (χ2v) is 5.17. The fraction of sp³-hybridized carbons (Fsp3) is 0.333. The number of rotatable bonds is 5. The fourth-order valence-electron chi connectivity index (χ4n) is 2.27. The van der Waals surface area contributed by atoms with E-state index in [1.807, 2.05) is 0 Å². The van der Waals surface area contributed by atoms with E-state index in [9.17, 15) is 0 Å². The topological polar surface area (TPSA) is 12.0 Å². The first-order valence-corrected chi connectivity index (χ1v) is 7.11. The Balaban J connectivity index is 2.14. The van der Waals surface area contributed by atoms with Crippen molar-refractivity contribution >= 4 is 0 Å². The molecule has 0 radical (unpaired) electrons. The van der Waals surface area contributed by atoms with Crippen molar-refractivity contribution < 1.29 is 0 Å². The first kappa shape index (κ1) is 13.8. The molecule has 1 heteroatoms. The minimum Gasteiger partial charge on any atom is -0.310 e. The van der Waals surface area contributed by atoms with E-state index in [2.05, 4.69) is 74.6 Å². The SMILES string of the molecule is CCCNC(C)c1ccc(-c2cccc(C)c2)cc1. The predicted octanol–water partition coefficient (Wildman–Crippen LogP) is 4.72. The zero-order valence-corrected chi connectivity index (χ0v) is 12.1. The van der Waals surface area contributed by atoms with Crippen molar-refractivity contribution in [3.8, 4) is 11.1 Å². The zero-order chi connectivity index (χ0) is 13.7. The van der Waals surface area contributed by atoms with Gasteiger partial charge in [-0.15, -0.1) is 0 Å². The predicted molar refractivity (Wildman–Crippen MR) is 83.3 cm³/mol. The van der Waals surface area contributed by atoms with Crippen molar-refractivity contribution in [3.05, 3.63) is 59.7 Å². The van der Waals surface area contributed by atoms with Gasteiger partial charge in [0, 0.05) is 6.04 Å². The molecule has 1 nitrogen and oxygen atoms in total. The third-order valence-electron chi connectivity index (χ3n) is 3.46. The highest BCUT2D eigenvalue weighted by atomic mass is 14.9. The van der Waals surface area contributed by atoms with Crippen molar-refractivity contribution in [2.24, 2.45) is 0 Å². The van der Waals surface area contributed by atoms with Crippen molar-refractivity contribution in [2.45, 2.75) is 33.2 Å². The molecule has 0 aromatic heterocycles. The minimum atomic E-state index is 0.423. The van der Waals surface area contributed by atoms with Gasteiger partial charge in [-0.1, -0.05) is 61.0 Å². The molecule has 0 bridgehead atoms. The Bertz CT molecular complexity index is 513. The molecule has 0 saturated heterocycles. The summed E-state index contributed by atoms with van der Waals surface area (Å²) >= 11 is 0. The van der Waals surface area contributed by atoms with Crippen molar-refractivity contribution in [3.63, 3.8) is 0 Å². The third-order valence-corrected chi connectivity index (χ3v) is 3.46. The van der Waals surface area contributed by atoms with Gasteiger partial charge in [0.25, 0.3) is 0 Å². The molecule has 0 aliphatic carbocycles. The van der Waals surface area contributed by atoms with Crippen molar-refractivity contribution in [2.75, 3.05) is 6.54 Å². The van der Waals surface area contributed by atoms with Crippen LogP contribution in [0.5, 0.6) is 0 Å². The molecule has 100 valence electrons. The molecule has 2 rings (SSSR count). The molecule has 2 aromatic rings. The Labute approximate surface area is 116 Å². The van der Waals surface area contributed by atoms with Gasteiger partial charge in [0.1, 0.15) is 0 Å². The van der Waals surface area contributed by atoms with E-state index in [0.717, 1.165) is 6.54 Å². The highest BCUT2D eigenvalue weighted by Crippen LogP contribution is 2.22. The van der Waals surface area contributed by atoms with Crippen LogP contribution in [0.1, 0.15) is 37.4 Å². The van der Waals surface area contributed by atoms with E-state index in [4.69, 9.17) is 0 Å². The van der Waals surface area contributed by atoms with E-state index in [-0.39, 0.29) is 0 Å². The summed E-state index contributed by atoms with van der Waals surface area (Å²) in [5, 5.41) is 3.52. The van der Waals surface area contributed by atoms with Crippen LogP contribution in [0.25, 0.3) is 11.1 Å². The molecular weight excluding hydrogens is 230 g/mol. The lowest BCUT2D eigenvalue weighted by Gasteiger charge is -2.14. The molecule has 0 aliphatic heterocycles. The van der Waals surface area contributed by atoms with Gasteiger partial charge in [0.2, 0.25) is 0 Å². The Morgan fingerprint density at radius 3 is 2.37 bits per heavy atom. The van der Waals surface area contributed by atoms with Gasteiger partial charge in [0.15, 0.2) is 0 Å². The van der Waals surface area contributed by atoms with Crippen LogP contribution in [-0.2, 0) is 0 Å². The molecule has 19 heavy (non-hydrogen) atoms. The largest absolute Gasteiger partial charge is 0.310 e. The van der Waals surface area contributed by atoms with E-state index in [0.29, 0.717) is 6.04 Å². The first-order valence-electron chi connectivity index (χ1n) is 7.11. The van der Waals surface area contributed by atoms with Crippen LogP contribution < -0.4 is 5.32 Å². The second-order valence-electron chi connectivity index (χ2n) is 5.17. The molecule has 1 N–H and O–H groups in total. The molecule has 1 unspecified atom stereocenters. The maximum absolute atomic E-state index is 3.52. The van der Waals surface area contributed by atoms with Gasteiger partial charge in [0.05, 0.1) is 0 Å². The number of benzene rings is 2. The maximum Gasteiger partial charge on any atom is 0.0291 e. The van der Waals surface area contributed by atoms with E-state index < -0.39 is 0 Å². The summed E-state index contributed by atoms with van der Waals surface area (Å²) in [6.07, 6.45) is 1.17. The first-order chi connectivity index (χ1) is 9.20. The highest BCUT2D eigenvalue weighted by Gasteiger charge is 2.04. The molecule has 0 heterocycles. The number of hydrogen-bond acceptors (Lipinski definition) is 1. The number of aryl methyl sites for hydroxylation is 1. The van der Waals surface area contributed by atoms with Crippen molar-refractivity contribution in [1.82, 2.24) is 5.32 Å². The molecule has 0 saturated carbocycles. The van der Waals surface area contributed by atoms with Gasteiger partial charge in [-0.25, -0.2) is 0 Å². The Kier molecular flexibility index (Phi) is 4.75. The van der Waals surface area contributed by atoms with Crippen LogP contribution >= 0.6 is 0 Å². The molecule has 0 aliphatic rings. The maximum atomic E-state index is 3.52. The lowest BCUT2D eigenvalue weighted by Crippen LogP contribution is -2.19. The monoisotopic (exact) mass is 253 g/mol. The summed E-state index contributed by atoms with van der Waals surface area (Å²) in [5.41, 5.74) is 5.24. The Morgan fingerprint density at radius 2 is 1.74 bits per heavy atom. The van der Waals surface area contributed by atoms with Gasteiger partial charge in [-0.05, 0) is 43.5 Å². The summed E-state index contributed by atoms with van der Waals surface area (Å²) in [7, 11) is 0. The van der Waals surface area contributed by atoms with E-state index >= 15 is 0 Å². The minimum absolute atomic E-state index is 0.423. The van der Waals surface area contributed by atoms with Crippen LogP contribution in [0.2, 0.25) is 0 Å². The lowest BCUT2D eigenvalue weighted by molar-refractivity contribution is 0.571. The molecule has 1 atom stereocenters.